The molecule has 0 bridgehead atoms. The maximum Gasteiger partial charge on any atom is 0.481 e. The number of amides is 2. The molecule has 5 heterocycles. The summed E-state index contributed by atoms with van der Waals surface area (Å²) in [5, 5.41) is 52.9. The van der Waals surface area contributed by atoms with Gasteiger partial charge in [-0.3, -0.25) is 23.2 Å². The number of nitrogen functional groups attached to an aromatic ring is 1. The summed E-state index contributed by atoms with van der Waals surface area (Å²) >= 11 is 0. The molecule has 11 N–H and O–H groups in total. The lowest BCUT2D eigenvalue weighted by molar-refractivity contribution is -0.121. The van der Waals surface area contributed by atoms with Gasteiger partial charge in [-0.1, -0.05) is 18.1 Å². The number of rotatable bonds is 16. The van der Waals surface area contributed by atoms with E-state index < -0.39 is 89.4 Å². The molecule has 26 heteroatoms. The zero-order valence-corrected chi connectivity index (χ0v) is 31.7. The van der Waals surface area contributed by atoms with Gasteiger partial charge in [0.15, 0.2) is 17.7 Å². The highest BCUT2D eigenvalue weighted by Crippen LogP contribution is 2.61. The van der Waals surface area contributed by atoms with Gasteiger partial charge in [0.05, 0.1) is 32.5 Å². The molecule has 0 radical (unpaired) electrons. The predicted molar refractivity (Wildman–Crippen MR) is 193 cm³/mol. The first kappa shape index (κ1) is 42.8. The van der Waals surface area contributed by atoms with E-state index in [-0.39, 0.29) is 52.8 Å². The molecule has 10 unspecified atom stereocenters. The summed E-state index contributed by atoms with van der Waals surface area (Å²) in [4.78, 5) is 56.7. The first-order valence-corrected chi connectivity index (χ1v) is 20.1. The third-order valence-electron chi connectivity index (χ3n) is 9.00. The van der Waals surface area contributed by atoms with Crippen LogP contribution in [0.15, 0.2) is 40.8 Å². The standard InChI is InChI=1S/C32H37N9O15P2/c1-2-3-9-32(39-40-32)12-21(42)35-10-5-8-20-37-28(33)22-30(38-20)41(15-36-22)31-26(46)24(44)19(55-31)14-53-58(50,51)56-57(48,49)52-13-18-23(43)25(45)27(54-18)16-6-4-7-17(11-16)29(34)47/h1,4,6-7,11,15,18-19,23-27,31,43-46H,3,9-10,12-14H2,(H2,34,47)(H,35,42)(H,48,49)(H,50,51)(H2,33,37,38). The van der Waals surface area contributed by atoms with Crippen LogP contribution in [0.1, 0.15) is 53.3 Å². The van der Waals surface area contributed by atoms with E-state index in [4.69, 9.17) is 36.4 Å². The number of aromatic nitrogens is 4. The molecule has 3 aromatic rings. The number of carbonyl (C=O) groups excluding carboxylic acids is 2. The number of carbonyl (C=O) groups is 2. The first-order valence-electron chi connectivity index (χ1n) is 17.1. The molecule has 58 heavy (non-hydrogen) atoms. The molecule has 2 aromatic heterocycles. The molecule has 2 saturated heterocycles. The molecule has 6 rings (SSSR count). The van der Waals surface area contributed by atoms with Gasteiger partial charge in [-0.25, -0.2) is 24.1 Å². The number of nitrogens with zero attached hydrogens (tertiary/aromatic N) is 6. The van der Waals surface area contributed by atoms with Crippen LogP contribution in [0.4, 0.5) is 5.82 Å². The van der Waals surface area contributed by atoms with E-state index in [1.54, 1.807) is 0 Å². The number of benzene rings is 1. The fraction of sp³-hybridized carbons (Fsp3) is 0.469. The highest BCUT2D eigenvalue weighted by atomic mass is 31.3. The number of ether oxygens (including phenoxy) is 2. The molecule has 0 saturated carbocycles. The summed E-state index contributed by atoms with van der Waals surface area (Å²) in [5.74, 6) is 6.51. The number of terminal acetylenes is 1. The number of anilines is 1. The fourth-order valence-electron chi connectivity index (χ4n) is 6.01. The van der Waals surface area contributed by atoms with Crippen LogP contribution in [0.3, 0.4) is 0 Å². The number of fused-ring (bicyclic) bond motifs is 1. The Bertz CT molecular complexity index is 2290. The molecule has 0 aliphatic carbocycles. The second kappa shape index (κ2) is 17.2. The fourth-order valence-corrected chi connectivity index (χ4v) is 8.10. The minimum Gasteiger partial charge on any atom is -0.387 e. The van der Waals surface area contributed by atoms with Gasteiger partial charge in [0.1, 0.15) is 48.2 Å². The molecule has 310 valence electrons. The number of hydrogen-bond donors (Lipinski definition) is 9. The molecule has 10 atom stereocenters. The van der Waals surface area contributed by atoms with Crippen molar-refractivity contribution < 1.29 is 71.8 Å². The zero-order chi connectivity index (χ0) is 42.0. The van der Waals surface area contributed by atoms with Crippen LogP contribution in [-0.4, -0.2) is 124 Å². The first-order chi connectivity index (χ1) is 27.4. The number of primary amides is 1. The van der Waals surface area contributed by atoms with Crippen molar-refractivity contribution in [2.24, 2.45) is 16.0 Å². The average molecular weight is 850 g/mol. The summed E-state index contributed by atoms with van der Waals surface area (Å²) < 4.78 is 51.5. The van der Waals surface area contributed by atoms with Crippen LogP contribution in [-0.2, 0) is 36.8 Å². The molecular weight excluding hydrogens is 812 g/mol. The number of aliphatic hydroxyl groups is 4. The summed E-state index contributed by atoms with van der Waals surface area (Å²) in [6.45, 7) is -1.97. The van der Waals surface area contributed by atoms with E-state index in [1.807, 2.05) is 0 Å². The van der Waals surface area contributed by atoms with Crippen molar-refractivity contribution in [3.05, 3.63) is 47.5 Å². The number of nitrogens with two attached hydrogens (primary N) is 2. The van der Waals surface area contributed by atoms with Gasteiger partial charge in [0.2, 0.25) is 23.3 Å². The van der Waals surface area contributed by atoms with Crippen molar-refractivity contribution >= 4 is 44.4 Å². The van der Waals surface area contributed by atoms with Crippen molar-refractivity contribution in [3.63, 3.8) is 0 Å². The number of aliphatic hydroxyl groups excluding tert-OH is 4. The Labute approximate surface area is 327 Å². The van der Waals surface area contributed by atoms with Gasteiger partial charge >= 0.3 is 15.6 Å². The van der Waals surface area contributed by atoms with Crippen LogP contribution in [0.5, 0.6) is 0 Å². The Morgan fingerprint density at radius 1 is 1.00 bits per heavy atom. The lowest BCUT2D eigenvalue weighted by Crippen LogP contribution is -2.33. The number of phosphoric ester groups is 2. The molecular formula is C32H37N9O15P2. The van der Waals surface area contributed by atoms with Gasteiger partial charge in [-0.2, -0.15) is 14.5 Å². The van der Waals surface area contributed by atoms with Gasteiger partial charge in [0, 0.05) is 18.4 Å². The van der Waals surface area contributed by atoms with E-state index in [0.29, 0.717) is 12.8 Å². The molecule has 3 aliphatic rings. The predicted octanol–water partition coefficient (Wildman–Crippen LogP) is -1.33. The van der Waals surface area contributed by atoms with E-state index >= 15 is 0 Å². The number of phosphoric acid groups is 2. The molecule has 3 aliphatic heterocycles. The Balaban J connectivity index is 1.02. The second-order valence-electron chi connectivity index (χ2n) is 13.1. The minimum atomic E-state index is -5.46. The Morgan fingerprint density at radius 3 is 2.33 bits per heavy atom. The van der Waals surface area contributed by atoms with Crippen molar-refractivity contribution in [1.29, 1.82) is 0 Å². The SMILES string of the molecule is C#CCCC1(CC(=O)NCC#Cc2nc(N)c3ncn(C4OC(COP(=O)(O)OP(=O)(O)OCC5OC(c6cccc(C(N)=O)c6)C(O)C5O)C(O)C4O)c3n2)N=N1. The van der Waals surface area contributed by atoms with Crippen molar-refractivity contribution in [2.75, 3.05) is 25.5 Å². The highest BCUT2D eigenvalue weighted by molar-refractivity contribution is 7.61. The average Bonchev–Trinajstić information content (AvgIpc) is 3.56. The zero-order valence-electron chi connectivity index (χ0n) is 29.9. The van der Waals surface area contributed by atoms with E-state index in [1.165, 1.54) is 35.2 Å². The van der Waals surface area contributed by atoms with Gasteiger partial charge in [0.25, 0.3) is 0 Å². The Kier molecular flexibility index (Phi) is 12.7. The molecule has 24 nitrogen and oxygen atoms in total. The summed E-state index contributed by atoms with van der Waals surface area (Å²) in [5.41, 5.74) is 10.9. The van der Waals surface area contributed by atoms with Crippen LogP contribution >= 0.6 is 15.6 Å². The minimum absolute atomic E-state index is 0.00924. The van der Waals surface area contributed by atoms with E-state index in [0.717, 1.165) is 0 Å². The third kappa shape index (κ3) is 9.91. The second-order valence-corrected chi connectivity index (χ2v) is 16.2. The Morgan fingerprint density at radius 2 is 1.67 bits per heavy atom. The molecule has 2 fully saturated rings. The maximum atomic E-state index is 12.7. The van der Waals surface area contributed by atoms with Crippen LogP contribution in [0.2, 0.25) is 0 Å². The summed E-state index contributed by atoms with van der Waals surface area (Å²) in [6, 6.07) is 5.67. The van der Waals surface area contributed by atoms with Crippen molar-refractivity contribution in [1.82, 2.24) is 24.8 Å². The quantitative estimate of drug-likeness (QED) is 0.0595. The molecule has 0 spiro atoms. The van der Waals surface area contributed by atoms with Gasteiger partial charge < -0.3 is 56.5 Å². The van der Waals surface area contributed by atoms with E-state index in [2.05, 4.69) is 52.6 Å². The largest absolute Gasteiger partial charge is 0.481 e. The number of nitrogens with one attached hydrogen (secondary N) is 1. The molecule has 1 aromatic carbocycles. The van der Waals surface area contributed by atoms with Crippen LogP contribution in [0, 0.1) is 24.2 Å². The monoisotopic (exact) mass is 849 g/mol. The summed E-state index contributed by atoms with van der Waals surface area (Å²) in [6.07, 6.45) is -4.99. The molecule has 2 amide bonds. The topological polar surface area (TPSA) is 368 Å². The van der Waals surface area contributed by atoms with Crippen LogP contribution in [0.25, 0.3) is 11.2 Å². The lowest BCUT2D eigenvalue weighted by Gasteiger charge is -2.20. The highest BCUT2D eigenvalue weighted by Gasteiger charge is 2.48. The Hall–Kier alpha value is -4.75. The third-order valence-corrected chi connectivity index (χ3v) is 11.6. The lowest BCUT2D eigenvalue weighted by atomic mass is 10.00. The number of hydrogen-bond acceptors (Lipinski definition) is 19. The van der Waals surface area contributed by atoms with Crippen molar-refractivity contribution in [3.8, 4) is 24.2 Å². The number of imidazole rings is 1. The summed E-state index contributed by atoms with van der Waals surface area (Å²) in [7, 11) is -10.9. The van der Waals surface area contributed by atoms with Crippen molar-refractivity contribution in [2.45, 2.75) is 73.9 Å². The maximum absolute atomic E-state index is 12.7. The van der Waals surface area contributed by atoms with E-state index in [9.17, 15) is 48.9 Å². The normalized spacial score (nSPS) is 27.9. The smallest absolute Gasteiger partial charge is 0.387 e. The van der Waals surface area contributed by atoms with Gasteiger partial charge in [-0.05, 0) is 23.6 Å². The van der Waals surface area contributed by atoms with Gasteiger partial charge in [-0.15, -0.1) is 12.3 Å². The van der Waals surface area contributed by atoms with Crippen LogP contribution < -0.4 is 16.8 Å².